The van der Waals surface area contributed by atoms with Crippen LogP contribution in [-0.4, -0.2) is 42.6 Å². The summed E-state index contributed by atoms with van der Waals surface area (Å²) in [6.07, 6.45) is 19.4. The molecule has 0 unspecified atom stereocenters. The molecule has 0 amide bonds. The Kier molecular flexibility index (Phi) is 21.4. The first-order valence-electron chi connectivity index (χ1n) is 13.7. The fraction of sp³-hybridized carbons (Fsp3) is 0.889. The fourth-order valence-corrected chi connectivity index (χ4v) is 5.53. The number of hydrogen-bond acceptors (Lipinski definition) is 5. The lowest BCUT2D eigenvalue weighted by Crippen LogP contribution is -2.18. The topological polar surface area (TPSA) is 106 Å². The minimum atomic E-state index is -3.32. The van der Waals surface area contributed by atoms with Gasteiger partial charge in [-0.1, -0.05) is 90.4 Å². The molecular formula is C27H50O6S. The second kappa shape index (κ2) is 22.2. The van der Waals surface area contributed by atoms with E-state index in [9.17, 15) is 22.8 Å². The summed E-state index contributed by atoms with van der Waals surface area (Å²) in [7, 11) is -3.32. The van der Waals surface area contributed by atoms with Gasteiger partial charge in [-0.25, -0.2) is 8.42 Å². The standard InChI is InChI=1S/C27H50O6S/c1-2-25(28)20-17-15-19-23-34(32,33)24-26(29)21-16-13-11-9-7-5-3-4-6-8-10-12-14-18-22-27(30)31/h2-24H2,1H3,(H,30,31). The van der Waals surface area contributed by atoms with Crippen molar-refractivity contribution >= 4 is 27.4 Å². The van der Waals surface area contributed by atoms with Crippen LogP contribution >= 0.6 is 0 Å². The Hall–Kier alpha value is -1.24. The molecular weight excluding hydrogens is 452 g/mol. The quantitative estimate of drug-likeness (QED) is 0.130. The van der Waals surface area contributed by atoms with Crippen LogP contribution in [0.1, 0.15) is 142 Å². The van der Waals surface area contributed by atoms with Crippen LogP contribution < -0.4 is 0 Å². The maximum absolute atomic E-state index is 12.1. The number of rotatable bonds is 26. The zero-order chi connectivity index (χ0) is 25.5. The van der Waals surface area contributed by atoms with Crippen LogP contribution in [0, 0.1) is 0 Å². The first kappa shape index (κ1) is 32.8. The molecule has 0 aromatic heterocycles. The predicted molar refractivity (Wildman–Crippen MR) is 139 cm³/mol. The number of Topliss-reactive ketones (excluding diaryl/α,β-unsaturated/α-hetero) is 2. The Bertz CT molecular complexity index is 642. The van der Waals surface area contributed by atoms with Crippen molar-refractivity contribution in [3.8, 4) is 0 Å². The highest BCUT2D eigenvalue weighted by Gasteiger charge is 2.16. The largest absolute Gasteiger partial charge is 0.481 e. The Labute approximate surface area is 208 Å². The highest BCUT2D eigenvalue weighted by atomic mass is 32.2. The Balaban J connectivity index is 3.45. The number of carbonyl (C=O) groups is 3. The lowest BCUT2D eigenvalue weighted by Gasteiger charge is -2.05. The molecule has 0 bridgehead atoms. The van der Waals surface area contributed by atoms with E-state index in [1.165, 1.54) is 51.4 Å². The maximum Gasteiger partial charge on any atom is 0.303 e. The Morgan fingerprint density at radius 2 is 0.882 bits per heavy atom. The van der Waals surface area contributed by atoms with Gasteiger partial charge in [-0.15, -0.1) is 0 Å². The minimum absolute atomic E-state index is 0.0475. The van der Waals surface area contributed by atoms with Gasteiger partial charge in [0.1, 0.15) is 17.3 Å². The number of carboxylic acids is 1. The molecule has 0 aromatic rings. The normalized spacial score (nSPS) is 11.6. The lowest BCUT2D eigenvalue weighted by atomic mass is 10.0. The lowest BCUT2D eigenvalue weighted by molar-refractivity contribution is -0.137. The molecule has 0 atom stereocenters. The second-order valence-electron chi connectivity index (χ2n) is 9.68. The number of carbonyl (C=O) groups excluding carboxylic acids is 2. The summed E-state index contributed by atoms with van der Waals surface area (Å²) >= 11 is 0. The van der Waals surface area contributed by atoms with E-state index in [0.717, 1.165) is 51.4 Å². The predicted octanol–water partition coefficient (Wildman–Crippen LogP) is 6.84. The molecule has 34 heavy (non-hydrogen) atoms. The van der Waals surface area contributed by atoms with E-state index in [2.05, 4.69) is 0 Å². The number of sulfone groups is 1. The van der Waals surface area contributed by atoms with Crippen molar-refractivity contribution < 1.29 is 27.9 Å². The van der Waals surface area contributed by atoms with Gasteiger partial charge >= 0.3 is 5.97 Å². The third-order valence-corrected chi connectivity index (χ3v) is 7.95. The second-order valence-corrected chi connectivity index (χ2v) is 11.9. The van der Waals surface area contributed by atoms with E-state index in [1.54, 1.807) is 0 Å². The van der Waals surface area contributed by atoms with Gasteiger partial charge in [0, 0.05) is 25.7 Å². The third-order valence-electron chi connectivity index (χ3n) is 6.28. The highest BCUT2D eigenvalue weighted by Crippen LogP contribution is 2.14. The summed E-state index contributed by atoms with van der Waals surface area (Å²) in [4.78, 5) is 33.7. The molecule has 0 aliphatic heterocycles. The van der Waals surface area contributed by atoms with E-state index in [4.69, 9.17) is 5.11 Å². The molecule has 7 heteroatoms. The summed E-state index contributed by atoms with van der Waals surface area (Å²) in [5.41, 5.74) is 0. The van der Waals surface area contributed by atoms with Crippen LogP contribution in [0.5, 0.6) is 0 Å². The molecule has 0 aliphatic rings. The van der Waals surface area contributed by atoms with Crippen molar-refractivity contribution in [1.82, 2.24) is 0 Å². The number of hydrogen-bond donors (Lipinski definition) is 1. The van der Waals surface area contributed by atoms with Crippen LogP contribution in [0.4, 0.5) is 0 Å². The van der Waals surface area contributed by atoms with Crippen molar-refractivity contribution in [2.45, 2.75) is 142 Å². The molecule has 0 rings (SSSR count). The molecule has 0 saturated heterocycles. The number of aliphatic carboxylic acids is 1. The number of ketones is 2. The molecule has 0 heterocycles. The number of unbranched alkanes of at least 4 members (excludes halogenated alkanes) is 15. The summed E-state index contributed by atoms with van der Waals surface area (Å²) in [6, 6.07) is 0. The van der Waals surface area contributed by atoms with Crippen LogP contribution in [0.25, 0.3) is 0 Å². The monoisotopic (exact) mass is 502 g/mol. The smallest absolute Gasteiger partial charge is 0.303 e. The maximum atomic E-state index is 12.1. The average molecular weight is 503 g/mol. The summed E-state index contributed by atoms with van der Waals surface area (Å²) in [5, 5.41) is 8.59. The summed E-state index contributed by atoms with van der Waals surface area (Å²) in [5.74, 6) is -0.926. The molecule has 0 aromatic carbocycles. The van der Waals surface area contributed by atoms with Crippen molar-refractivity contribution in [1.29, 1.82) is 0 Å². The van der Waals surface area contributed by atoms with Crippen molar-refractivity contribution in [2.24, 2.45) is 0 Å². The molecule has 6 nitrogen and oxygen atoms in total. The van der Waals surface area contributed by atoms with Crippen molar-refractivity contribution in [3.63, 3.8) is 0 Å². The first-order chi connectivity index (χ1) is 16.3. The minimum Gasteiger partial charge on any atom is -0.481 e. The van der Waals surface area contributed by atoms with Gasteiger partial charge in [0.05, 0.1) is 5.75 Å². The Morgan fingerprint density at radius 3 is 1.29 bits per heavy atom. The van der Waals surface area contributed by atoms with E-state index >= 15 is 0 Å². The molecule has 0 aliphatic carbocycles. The third kappa shape index (κ3) is 23.9. The van der Waals surface area contributed by atoms with E-state index in [1.807, 2.05) is 6.92 Å². The zero-order valence-electron chi connectivity index (χ0n) is 21.7. The van der Waals surface area contributed by atoms with Crippen LogP contribution in [-0.2, 0) is 24.2 Å². The van der Waals surface area contributed by atoms with E-state index in [0.29, 0.717) is 32.1 Å². The molecule has 0 fully saturated rings. The summed E-state index contributed by atoms with van der Waals surface area (Å²) < 4.78 is 24.1. The molecule has 200 valence electrons. The van der Waals surface area contributed by atoms with E-state index < -0.39 is 15.8 Å². The SMILES string of the molecule is CCC(=O)CCCCCS(=O)(=O)CC(=O)CCCCCCCCCCCCCCCCC(=O)O. The first-order valence-corrected chi connectivity index (χ1v) is 15.5. The zero-order valence-corrected chi connectivity index (χ0v) is 22.5. The number of carboxylic acid groups (broad SMARTS) is 1. The van der Waals surface area contributed by atoms with Gasteiger partial charge in [-0.2, -0.15) is 0 Å². The average Bonchev–Trinajstić information content (AvgIpc) is 2.77. The van der Waals surface area contributed by atoms with Gasteiger partial charge in [0.15, 0.2) is 9.84 Å². The fourth-order valence-electron chi connectivity index (χ4n) is 4.11. The van der Waals surface area contributed by atoms with Crippen molar-refractivity contribution in [3.05, 3.63) is 0 Å². The molecule has 0 spiro atoms. The van der Waals surface area contributed by atoms with Gasteiger partial charge < -0.3 is 5.11 Å². The van der Waals surface area contributed by atoms with Crippen LogP contribution in [0.15, 0.2) is 0 Å². The molecule has 0 saturated carbocycles. The van der Waals surface area contributed by atoms with Gasteiger partial charge in [0.2, 0.25) is 0 Å². The molecule has 1 N–H and O–H groups in total. The van der Waals surface area contributed by atoms with Crippen LogP contribution in [0.3, 0.4) is 0 Å². The van der Waals surface area contributed by atoms with Crippen molar-refractivity contribution in [2.75, 3.05) is 11.5 Å². The van der Waals surface area contributed by atoms with Crippen LogP contribution in [0.2, 0.25) is 0 Å². The van der Waals surface area contributed by atoms with Gasteiger partial charge in [-0.05, 0) is 25.7 Å². The van der Waals surface area contributed by atoms with Gasteiger partial charge in [-0.3, -0.25) is 14.4 Å². The molecule has 0 radical (unpaired) electrons. The van der Waals surface area contributed by atoms with Gasteiger partial charge in [0.25, 0.3) is 0 Å². The Morgan fingerprint density at radius 1 is 0.529 bits per heavy atom. The summed E-state index contributed by atoms with van der Waals surface area (Å²) in [6.45, 7) is 1.83. The van der Waals surface area contributed by atoms with E-state index in [-0.39, 0.29) is 23.1 Å². The highest BCUT2D eigenvalue weighted by molar-refractivity contribution is 7.92.